The molecule has 1 aromatic heterocycles. The van der Waals surface area contributed by atoms with Gasteiger partial charge >= 0.3 is 0 Å². The van der Waals surface area contributed by atoms with Gasteiger partial charge in [0.15, 0.2) is 0 Å². The Labute approximate surface area is 122 Å². The van der Waals surface area contributed by atoms with Crippen LogP contribution >= 0.6 is 0 Å². The van der Waals surface area contributed by atoms with Gasteiger partial charge in [-0.3, -0.25) is 0 Å². The van der Waals surface area contributed by atoms with Gasteiger partial charge < -0.3 is 15.5 Å². The number of aromatic nitrogens is 1. The number of nitrogens with zero attached hydrogens (tertiary/aromatic N) is 1. The van der Waals surface area contributed by atoms with Crippen LogP contribution in [0.3, 0.4) is 0 Å². The average Bonchev–Trinajstić information content (AvgIpc) is 2.53. The number of nitrogens with one attached hydrogen (secondary N) is 1. The number of para-hydroxylation sites is 2. The van der Waals surface area contributed by atoms with Gasteiger partial charge in [0.2, 0.25) is 0 Å². The Balaban J connectivity index is 1.91. The number of aromatic hydroxyl groups is 1. The van der Waals surface area contributed by atoms with Crippen LogP contribution in [0.4, 0.5) is 5.69 Å². The monoisotopic (exact) mass is 280 g/mol. The van der Waals surface area contributed by atoms with E-state index in [1.807, 2.05) is 42.5 Å². The molecule has 3 aromatic rings. The van der Waals surface area contributed by atoms with Crippen LogP contribution in [0.25, 0.3) is 10.9 Å². The molecule has 0 unspecified atom stereocenters. The predicted molar refractivity (Wildman–Crippen MR) is 83.1 cm³/mol. The molecule has 0 aliphatic heterocycles. The van der Waals surface area contributed by atoms with E-state index in [9.17, 15) is 10.2 Å². The fourth-order valence-corrected chi connectivity index (χ4v) is 2.27. The lowest BCUT2D eigenvalue weighted by molar-refractivity contribution is 0.277. The molecule has 4 heteroatoms. The molecule has 1 heterocycles. The average molecular weight is 280 g/mol. The first-order valence-electron chi connectivity index (χ1n) is 6.78. The summed E-state index contributed by atoms with van der Waals surface area (Å²) in [6.07, 6.45) is 0. The second kappa shape index (κ2) is 5.81. The number of pyridine rings is 1. The number of hydrogen-bond acceptors (Lipinski definition) is 4. The van der Waals surface area contributed by atoms with Crippen LogP contribution in [0.15, 0.2) is 54.6 Å². The number of anilines is 1. The summed E-state index contributed by atoms with van der Waals surface area (Å²) in [6.45, 7) is 0.431. The number of benzene rings is 2. The van der Waals surface area contributed by atoms with Crippen LogP contribution < -0.4 is 5.32 Å². The molecule has 0 radical (unpaired) electrons. The third kappa shape index (κ3) is 2.80. The Hall–Kier alpha value is -2.59. The third-order valence-electron chi connectivity index (χ3n) is 3.40. The van der Waals surface area contributed by atoms with E-state index in [0.29, 0.717) is 12.2 Å². The van der Waals surface area contributed by atoms with E-state index in [0.717, 1.165) is 22.2 Å². The zero-order valence-electron chi connectivity index (χ0n) is 11.5. The van der Waals surface area contributed by atoms with Crippen molar-refractivity contribution < 1.29 is 10.2 Å². The number of phenolic OH excluding ortho intramolecular Hbond substituents is 1. The summed E-state index contributed by atoms with van der Waals surface area (Å²) in [5.74, 6) is 0.272. The van der Waals surface area contributed by atoms with Crippen LogP contribution in [-0.2, 0) is 13.2 Å². The molecule has 106 valence electrons. The van der Waals surface area contributed by atoms with Crippen LogP contribution in [0.5, 0.6) is 5.75 Å². The van der Waals surface area contributed by atoms with E-state index in [1.54, 1.807) is 12.1 Å². The van der Waals surface area contributed by atoms with E-state index >= 15 is 0 Å². The van der Waals surface area contributed by atoms with Gasteiger partial charge in [0.05, 0.1) is 23.5 Å². The lowest BCUT2D eigenvalue weighted by atomic mass is 10.1. The lowest BCUT2D eigenvalue weighted by Gasteiger charge is -2.11. The zero-order chi connectivity index (χ0) is 14.7. The minimum atomic E-state index is -0.0796. The van der Waals surface area contributed by atoms with E-state index < -0.39 is 0 Å². The van der Waals surface area contributed by atoms with Gasteiger partial charge in [-0.05, 0) is 18.2 Å². The first-order valence-corrected chi connectivity index (χ1v) is 6.78. The van der Waals surface area contributed by atoms with Gasteiger partial charge in [0.1, 0.15) is 5.75 Å². The molecule has 0 aliphatic rings. The largest absolute Gasteiger partial charge is 0.508 e. The minimum absolute atomic E-state index is 0.0796. The van der Waals surface area contributed by atoms with Crippen molar-refractivity contribution in [3.8, 4) is 5.75 Å². The predicted octanol–water partition coefficient (Wildman–Crippen LogP) is 3.04. The maximum absolute atomic E-state index is 9.80. The summed E-state index contributed by atoms with van der Waals surface area (Å²) >= 11 is 0. The van der Waals surface area contributed by atoms with E-state index in [4.69, 9.17) is 0 Å². The standard InChI is InChI=1S/C17H16N2O2/c20-11-14-9-8-12-5-3-6-15(17(12)19-14)18-10-13-4-1-2-7-16(13)21/h1-9,18,20-21H,10-11H2. The van der Waals surface area contributed by atoms with Crippen molar-refractivity contribution in [3.05, 3.63) is 65.9 Å². The van der Waals surface area contributed by atoms with Gasteiger partial charge in [-0.15, -0.1) is 0 Å². The number of rotatable bonds is 4. The Morgan fingerprint density at radius 1 is 0.952 bits per heavy atom. The van der Waals surface area contributed by atoms with Crippen LogP contribution in [0.1, 0.15) is 11.3 Å². The summed E-state index contributed by atoms with van der Waals surface area (Å²) in [5.41, 5.74) is 3.16. The SMILES string of the molecule is OCc1ccc2cccc(NCc3ccccc3O)c2n1. The van der Waals surface area contributed by atoms with Gasteiger partial charge in [0, 0.05) is 17.5 Å². The molecule has 2 aromatic carbocycles. The first-order chi connectivity index (χ1) is 10.3. The Bertz CT molecular complexity index is 772. The van der Waals surface area contributed by atoms with Gasteiger partial charge in [0.25, 0.3) is 0 Å². The summed E-state index contributed by atoms with van der Waals surface area (Å²) in [7, 11) is 0. The molecule has 0 amide bonds. The van der Waals surface area contributed by atoms with Crippen LogP contribution in [0, 0.1) is 0 Å². The fraction of sp³-hybridized carbons (Fsp3) is 0.118. The van der Waals surface area contributed by atoms with Crippen molar-refractivity contribution in [3.63, 3.8) is 0 Å². The quantitative estimate of drug-likeness (QED) is 0.687. The number of hydrogen-bond donors (Lipinski definition) is 3. The third-order valence-corrected chi connectivity index (χ3v) is 3.40. The fourth-order valence-electron chi connectivity index (χ4n) is 2.27. The van der Waals surface area contributed by atoms with Crippen molar-refractivity contribution in [2.45, 2.75) is 13.2 Å². The van der Waals surface area contributed by atoms with E-state index in [2.05, 4.69) is 10.3 Å². The van der Waals surface area contributed by atoms with Crippen molar-refractivity contribution >= 4 is 16.6 Å². The molecule has 0 aliphatic carbocycles. The number of phenols is 1. The summed E-state index contributed by atoms with van der Waals surface area (Å²) in [5, 5.41) is 23.3. The molecule has 0 atom stereocenters. The molecule has 21 heavy (non-hydrogen) atoms. The number of fused-ring (bicyclic) bond motifs is 1. The summed E-state index contributed by atoms with van der Waals surface area (Å²) in [4.78, 5) is 4.45. The molecule has 4 nitrogen and oxygen atoms in total. The number of aliphatic hydroxyl groups is 1. The van der Waals surface area contributed by atoms with Crippen molar-refractivity contribution in [2.75, 3.05) is 5.32 Å². The molecule has 0 saturated heterocycles. The normalized spacial score (nSPS) is 10.7. The van der Waals surface area contributed by atoms with Gasteiger partial charge in [-0.1, -0.05) is 36.4 Å². The number of aliphatic hydroxyl groups excluding tert-OH is 1. The molecule has 0 spiro atoms. The Kier molecular flexibility index (Phi) is 3.71. The summed E-state index contributed by atoms with van der Waals surface area (Å²) in [6, 6.07) is 16.9. The van der Waals surface area contributed by atoms with Crippen LogP contribution in [0.2, 0.25) is 0 Å². The highest BCUT2D eigenvalue weighted by Gasteiger charge is 2.05. The van der Waals surface area contributed by atoms with E-state index in [-0.39, 0.29) is 12.4 Å². The van der Waals surface area contributed by atoms with Crippen molar-refractivity contribution in [1.82, 2.24) is 4.98 Å². The molecule has 3 N–H and O–H groups in total. The molecule has 0 fully saturated rings. The van der Waals surface area contributed by atoms with Crippen molar-refractivity contribution in [1.29, 1.82) is 0 Å². The molecule has 0 bridgehead atoms. The topological polar surface area (TPSA) is 65.4 Å². The smallest absolute Gasteiger partial charge is 0.120 e. The van der Waals surface area contributed by atoms with Crippen molar-refractivity contribution in [2.24, 2.45) is 0 Å². The lowest BCUT2D eigenvalue weighted by Crippen LogP contribution is -2.01. The molecule has 0 saturated carbocycles. The zero-order valence-corrected chi connectivity index (χ0v) is 11.5. The van der Waals surface area contributed by atoms with E-state index in [1.165, 1.54) is 0 Å². The second-order valence-corrected chi connectivity index (χ2v) is 4.82. The highest BCUT2D eigenvalue weighted by Crippen LogP contribution is 2.24. The minimum Gasteiger partial charge on any atom is -0.508 e. The second-order valence-electron chi connectivity index (χ2n) is 4.82. The highest BCUT2D eigenvalue weighted by molar-refractivity contribution is 5.90. The Morgan fingerprint density at radius 3 is 2.62 bits per heavy atom. The Morgan fingerprint density at radius 2 is 1.81 bits per heavy atom. The maximum Gasteiger partial charge on any atom is 0.120 e. The van der Waals surface area contributed by atoms with Gasteiger partial charge in [-0.25, -0.2) is 4.98 Å². The van der Waals surface area contributed by atoms with Crippen LogP contribution in [-0.4, -0.2) is 15.2 Å². The maximum atomic E-state index is 9.80. The summed E-state index contributed by atoms with van der Waals surface area (Å²) < 4.78 is 0. The molecular weight excluding hydrogens is 264 g/mol. The molecule has 3 rings (SSSR count). The highest BCUT2D eigenvalue weighted by atomic mass is 16.3. The molecular formula is C17H16N2O2. The van der Waals surface area contributed by atoms with Gasteiger partial charge in [-0.2, -0.15) is 0 Å². The first kappa shape index (κ1) is 13.4.